The number of anilines is 1. The van der Waals surface area contributed by atoms with E-state index in [1.165, 1.54) is 4.57 Å². The number of benzene rings is 2. The van der Waals surface area contributed by atoms with Crippen molar-refractivity contribution >= 4 is 28.6 Å². The zero-order valence-corrected chi connectivity index (χ0v) is 15.3. The van der Waals surface area contributed by atoms with Gasteiger partial charge in [0.1, 0.15) is 6.54 Å². The van der Waals surface area contributed by atoms with Crippen molar-refractivity contribution < 1.29 is 14.0 Å². The molecule has 7 heteroatoms. The molecule has 1 fully saturated rings. The van der Waals surface area contributed by atoms with Crippen molar-refractivity contribution in [3.05, 3.63) is 65.1 Å². The highest BCUT2D eigenvalue weighted by Gasteiger charge is 2.28. The highest BCUT2D eigenvalue weighted by molar-refractivity contribution is 5.92. The van der Waals surface area contributed by atoms with Gasteiger partial charge in [-0.15, -0.1) is 0 Å². The summed E-state index contributed by atoms with van der Waals surface area (Å²) in [6, 6.07) is 16.4. The largest absolute Gasteiger partial charge is 0.420 e. The van der Waals surface area contributed by atoms with Gasteiger partial charge in [0.2, 0.25) is 11.8 Å². The summed E-state index contributed by atoms with van der Waals surface area (Å²) >= 11 is 0. The van der Waals surface area contributed by atoms with E-state index in [0.29, 0.717) is 37.0 Å². The third-order valence-corrected chi connectivity index (χ3v) is 5.13. The fourth-order valence-electron chi connectivity index (χ4n) is 3.56. The molecule has 1 saturated heterocycles. The Kier molecular flexibility index (Phi) is 4.97. The first-order valence-electron chi connectivity index (χ1n) is 9.34. The standard InChI is InChI=1S/C21H21N3O4/c25-19(14-24-17-8-4-5-9-18(17)28-21(24)27)23-12-10-15(11-13-23)20(26)22-16-6-2-1-3-7-16/h1-9,15H,10-14H2,(H,22,26). The van der Waals surface area contributed by atoms with E-state index in [4.69, 9.17) is 4.42 Å². The summed E-state index contributed by atoms with van der Waals surface area (Å²) in [5.74, 6) is -0.820. The Morgan fingerprint density at radius 1 is 1.00 bits per heavy atom. The van der Waals surface area contributed by atoms with Crippen molar-refractivity contribution in [2.75, 3.05) is 18.4 Å². The van der Waals surface area contributed by atoms with Crippen LogP contribution >= 0.6 is 0 Å². The molecule has 0 saturated carbocycles. The molecule has 0 bridgehead atoms. The molecule has 7 nitrogen and oxygen atoms in total. The SMILES string of the molecule is O=C(Nc1ccccc1)C1CCN(C(=O)Cn2c(=O)oc3ccccc32)CC1. The van der Waals surface area contributed by atoms with Gasteiger partial charge >= 0.3 is 5.76 Å². The van der Waals surface area contributed by atoms with Crippen LogP contribution in [0.25, 0.3) is 11.1 Å². The molecule has 3 aromatic rings. The Morgan fingerprint density at radius 3 is 2.43 bits per heavy atom. The van der Waals surface area contributed by atoms with E-state index in [1.807, 2.05) is 30.3 Å². The number of nitrogens with zero attached hydrogens (tertiary/aromatic N) is 2. The number of oxazole rings is 1. The fourth-order valence-corrected chi connectivity index (χ4v) is 3.56. The van der Waals surface area contributed by atoms with Crippen LogP contribution in [-0.4, -0.2) is 34.4 Å². The minimum atomic E-state index is -0.535. The van der Waals surface area contributed by atoms with Gasteiger partial charge in [-0.05, 0) is 37.1 Å². The van der Waals surface area contributed by atoms with Crippen LogP contribution in [-0.2, 0) is 16.1 Å². The van der Waals surface area contributed by atoms with Crippen molar-refractivity contribution in [2.45, 2.75) is 19.4 Å². The first-order chi connectivity index (χ1) is 13.6. The van der Waals surface area contributed by atoms with E-state index in [-0.39, 0.29) is 24.3 Å². The molecule has 1 aliphatic rings. The maximum Gasteiger partial charge on any atom is 0.420 e. The number of amides is 2. The molecule has 1 N–H and O–H groups in total. The minimum Gasteiger partial charge on any atom is -0.408 e. The molecule has 2 aromatic carbocycles. The number of hydrogen-bond donors (Lipinski definition) is 1. The van der Waals surface area contributed by atoms with Crippen molar-refractivity contribution in [1.82, 2.24) is 9.47 Å². The molecular weight excluding hydrogens is 358 g/mol. The number of aromatic nitrogens is 1. The molecule has 0 spiro atoms. The maximum absolute atomic E-state index is 12.7. The van der Waals surface area contributed by atoms with Crippen molar-refractivity contribution in [2.24, 2.45) is 5.92 Å². The molecule has 0 atom stereocenters. The second kappa shape index (κ2) is 7.72. The number of para-hydroxylation sites is 3. The zero-order valence-electron chi connectivity index (χ0n) is 15.3. The van der Waals surface area contributed by atoms with Gasteiger partial charge in [0.25, 0.3) is 0 Å². The fraction of sp³-hybridized carbons (Fsp3) is 0.286. The second-order valence-corrected chi connectivity index (χ2v) is 6.93. The van der Waals surface area contributed by atoms with Crippen LogP contribution in [0.4, 0.5) is 5.69 Å². The number of hydrogen-bond acceptors (Lipinski definition) is 4. The predicted octanol–water partition coefficient (Wildman–Crippen LogP) is 2.47. The van der Waals surface area contributed by atoms with Gasteiger partial charge in [-0.2, -0.15) is 0 Å². The number of carbonyl (C=O) groups is 2. The van der Waals surface area contributed by atoms with Crippen LogP contribution in [0.2, 0.25) is 0 Å². The van der Waals surface area contributed by atoms with Gasteiger partial charge in [0.05, 0.1) is 5.52 Å². The van der Waals surface area contributed by atoms with Gasteiger partial charge in [0.15, 0.2) is 5.58 Å². The van der Waals surface area contributed by atoms with Gasteiger partial charge in [0, 0.05) is 24.7 Å². The number of rotatable bonds is 4. The lowest BCUT2D eigenvalue weighted by atomic mass is 9.95. The highest BCUT2D eigenvalue weighted by atomic mass is 16.4. The lowest BCUT2D eigenvalue weighted by Gasteiger charge is -2.31. The summed E-state index contributed by atoms with van der Waals surface area (Å²) in [6.45, 7) is 0.934. The minimum absolute atomic E-state index is 0.0182. The van der Waals surface area contributed by atoms with Crippen LogP contribution in [0, 0.1) is 5.92 Å². The molecule has 28 heavy (non-hydrogen) atoms. The molecule has 4 rings (SSSR count). The molecule has 0 unspecified atom stereocenters. The third-order valence-electron chi connectivity index (χ3n) is 5.13. The average Bonchev–Trinajstić information content (AvgIpc) is 3.04. The molecule has 1 aromatic heterocycles. The number of nitrogens with one attached hydrogen (secondary N) is 1. The van der Waals surface area contributed by atoms with Crippen molar-refractivity contribution in [1.29, 1.82) is 0 Å². The molecule has 144 valence electrons. The molecule has 0 aliphatic carbocycles. The summed E-state index contributed by atoms with van der Waals surface area (Å²) in [7, 11) is 0. The van der Waals surface area contributed by atoms with Crippen LogP contribution < -0.4 is 11.1 Å². The first kappa shape index (κ1) is 18.0. The lowest BCUT2D eigenvalue weighted by molar-refractivity contribution is -0.135. The predicted molar refractivity (Wildman–Crippen MR) is 105 cm³/mol. The normalized spacial score (nSPS) is 14.9. The average molecular weight is 379 g/mol. The van der Waals surface area contributed by atoms with E-state index in [2.05, 4.69) is 5.32 Å². The molecule has 1 aliphatic heterocycles. The smallest absolute Gasteiger partial charge is 0.408 e. The Labute approximate surface area is 161 Å². The number of likely N-dealkylation sites (tertiary alicyclic amines) is 1. The third kappa shape index (κ3) is 3.69. The molecule has 2 amide bonds. The summed E-state index contributed by atoms with van der Waals surface area (Å²) in [5, 5.41) is 2.92. The van der Waals surface area contributed by atoms with E-state index in [9.17, 15) is 14.4 Å². The van der Waals surface area contributed by atoms with Crippen LogP contribution in [0.1, 0.15) is 12.8 Å². The Hall–Kier alpha value is -3.35. The summed E-state index contributed by atoms with van der Waals surface area (Å²) in [6.07, 6.45) is 1.21. The van der Waals surface area contributed by atoms with Crippen molar-refractivity contribution in [3.63, 3.8) is 0 Å². The van der Waals surface area contributed by atoms with E-state index >= 15 is 0 Å². The Bertz CT molecular complexity index is 1050. The Morgan fingerprint density at radius 2 is 1.68 bits per heavy atom. The van der Waals surface area contributed by atoms with E-state index in [1.54, 1.807) is 29.2 Å². The van der Waals surface area contributed by atoms with Gasteiger partial charge in [-0.3, -0.25) is 14.2 Å². The maximum atomic E-state index is 12.7. The summed E-state index contributed by atoms with van der Waals surface area (Å²) in [5.41, 5.74) is 1.85. The summed E-state index contributed by atoms with van der Waals surface area (Å²) < 4.78 is 6.53. The topological polar surface area (TPSA) is 84.5 Å². The van der Waals surface area contributed by atoms with E-state index in [0.717, 1.165) is 5.69 Å². The number of fused-ring (bicyclic) bond motifs is 1. The highest BCUT2D eigenvalue weighted by Crippen LogP contribution is 2.20. The second-order valence-electron chi connectivity index (χ2n) is 6.93. The van der Waals surface area contributed by atoms with Gasteiger partial charge < -0.3 is 14.6 Å². The quantitative estimate of drug-likeness (QED) is 0.755. The Balaban J connectivity index is 1.35. The molecule has 0 radical (unpaired) electrons. The number of piperidine rings is 1. The van der Waals surface area contributed by atoms with Gasteiger partial charge in [-0.25, -0.2) is 4.79 Å². The first-order valence-corrected chi connectivity index (χ1v) is 9.34. The molecule has 2 heterocycles. The van der Waals surface area contributed by atoms with Crippen molar-refractivity contribution in [3.8, 4) is 0 Å². The number of carbonyl (C=O) groups excluding carboxylic acids is 2. The van der Waals surface area contributed by atoms with Crippen LogP contribution in [0.5, 0.6) is 0 Å². The zero-order chi connectivity index (χ0) is 19.5. The van der Waals surface area contributed by atoms with Crippen LogP contribution in [0.15, 0.2) is 63.8 Å². The van der Waals surface area contributed by atoms with E-state index < -0.39 is 5.76 Å². The van der Waals surface area contributed by atoms with Gasteiger partial charge in [-0.1, -0.05) is 30.3 Å². The van der Waals surface area contributed by atoms with Crippen LogP contribution in [0.3, 0.4) is 0 Å². The monoisotopic (exact) mass is 379 g/mol. The lowest BCUT2D eigenvalue weighted by Crippen LogP contribution is -2.43. The molecular formula is C21H21N3O4. The summed E-state index contributed by atoms with van der Waals surface area (Å²) in [4.78, 5) is 38.8.